The summed E-state index contributed by atoms with van der Waals surface area (Å²) in [7, 11) is 2.28. The van der Waals surface area contributed by atoms with Gasteiger partial charge in [0.1, 0.15) is 0 Å². The van der Waals surface area contributed by atoms with Gasteiger partial charge in [-0.3, -0.25) is 0 Å². The predicted octanol–water partition coefficient (Wildman–Crippen LogP) is 2.55. The van der Waals surface area contributed by atoms with E-state index in [4.69, 9.17) is 5.26 Å². The maximum atomic E-state index is 8.82. The molecule has 0 aromatic carbocycles. The molecule has 0 bridgehead atoms. The minimum Gasteiger partial charge on any atom is -0.300 e. The van der Waals surface area contributed by atoms with Crippen LogP contribution in [0.15, 0.2) is 0 Å². The Morgan fingerprint density at radius 2 is 1.57 bits per heavy atom. The molecule has 0 atom stereocenters. The molecule has 2 rings (SSSR count). The van der Waals surface area contributed by atoms with E-state index < -0.39 is 0 Å². The first-order valence-electron chi connectivity index (χ1n) is 5.93. The van der Waals surface area contributed by atoms with Crippen LogP contribution < -0.4 is 0 Å². The van der Waals surface area contributed by atoms with Gasteiger partial charge < -0.3 is 4.90 Å². The SMILES string of the molecule is CN(C1CCC1)C1CCC(C#N)CC1. The van der Waals surface area contributed by atoms with Crippen molar-refractivity contribution in [3.8, 4) is 6.07 Å². The second-order valence-corrected chi connectivity index (χ2v) is 4.88. The van der Waals surface area contributed by atoms with Crippen LogP contribution in [-0.4, -0.2) is 24.0 Å². The van der Waals surface area contributed by atoms with Gasteiger partial charge in [-0.15, -0.1) is 0 Å². The van der Waals surface area contributed by atoms with Crippen LogP contribution in [0.3, 0.4) is 0 Å². The third-order valence-electron chi connectivity index (χ3n) is 4.11. The normalized spacial score (nSPS) is 33.8. The first-order valence-corrected chi connectivity index (χ1v) is 5.93. The van der Waals surface area contributed by atoms with Crippen LogP contribution in [0.4, 0.5) is 0 Å². The van der Waals surface area contributed by atoms with Crippen LogP contribution in [0.2, 0.25) is 0 Å². The molecule has 0 N–H and O–H groups in total. The molecule has 2 aliphatic carbocycles. The lowest BCUT2D eigenvalue weighted by atomic mass is 9.83. The molecule has 0 aliphatic heterocycles. The molecule has 0 radical (unpaired) electrons. The van der Waals surface area contributed by atoms with Gasteiger partial charge in [0.15, 0.2) is 0 Å². The van der Waals surface area contributed by atoms with Crippen molar-refractivity contribution in [1.82, 2.24) is 4.90 Å². The quantitative estimate of drug-likeness (QED) is 0.672. The van der Waals surface area contributed by atoms with Crippen LogP contribution in [0, 0.1) is 17.2 Å². The largest absolute Gasteiger partial charge is 0.300 e. The molecule has 0 aromatic heterocycles. The highest BCUT2D eigenvalue weighted by Crippen LogP contribution is 2.32. The Morgan fingerprint density at radius 3 is 2.00 bits per heavy atom. The van der Waals surface area contributed by atoms with Crippen LogP contribution in [-0.2, 0) is 0 Å². The average molecular weight is 192 g/mol. The third-order valence-corrected chi connectivity index (χ3v) is 4.11. The van der Waals surface area contributed by atoms with Gasteiger partial charge in [-0.05, 0) is 45.6 Å². The summed E-state index contributed by atoms with van der Waals surface area (Å²) in [5.74, 6) is 0.348. The molecule has 0 spiro atoms. The Hall–Kier alpha value is -0.550. The standard InChI is InChI=1S/C12H20N2/c1-14(11-3-2-4-11)12-7-5-10(9-13)6-8-12/h10-12H,2-8H2,1H3. The second kappa shape index (κ2) is 4.31. The van der Waals surface area contributed by atoms with Crippen molar-refractivity contribution in [3.63, 3.8) is 0 Å². The second-order valence-electron chi connectivity index (χ2n) is 4.88. The Labute approximate surface area is 86.9 Å². The first kappa shape index (κ1) is 9.98. The number of hydrogen-bond acceptors (Lipinski definition) is 2. The van der Waals surface area contributed by atoms with E-state index in [0.29, 0.717) is 5.92 Å². The summed E-state index contributed by atoms with van der Waals surface area (Å²) in [6.07, 6.45) is 8.94. The zero-order chi connectivity index (χ0) is 9.97. The molecule has 0 aromatic rings. The molecule has 0 amide bonds. The summed E-state index contributed by atoms with van der Waals surface area (Å²) in [6.45, 7) is 0. The number of rotatable bonds is 2. The topological polar surface area (TPSA) is 27.0 Å². The van der Waals surface area contributed by atoms with Crippen molar-refractivity contribution in [2.75, 3.05) is 7.05 Å². The first-order chi connectivity index (χ1) is 6.81. The lowest BCUT2D eigenvalue weighted by Crippen LogP contribution is -2.45. The van der Waals surface area contributed by atoms with Crippen molar-refractivity contribution >= 4 is 0 Å². The third kappa shape index (κ3) is 1.93. The highest BCUT2D eigenvalue weighted by atomic mass is 15.2. The summed E-state index contributed by atoms with van der Waals surface area (Å²) in [5, 5.41) is 8.82. The fourth-order valence-electron chi connectivity index (χ4n) is 2.70. The van der Waals surface area contributed by atoms with E-state index in [0.717, 1.165) is 24.9 Å². The van der Waals surface area contributed by atoms with Crippen LogP contribution in [0.25, 0.3) is 0 Å². The van der Waals surface area contributed by atoms with Gasteiger partial charge in [0, 0.05) is 18.0 Å². The molecular weight excluding hydrogens is 172 g/mol. The van der Waals surface area contributed by atoms with Crippen molar-refractivity contribution in [3.05, 3.63) is 0 Å². The lowest BCUT2D eigenvalue weighted by molar-refractivity contribution is 0.0824. The fourth-order valence-corrected chi connectivity index (χ4v) is 2.70. The Bertz CT molecular complexity index is 219. The molecule has 2 saturated carbocycles. The van der Waals surface area contributed by atoms with Crippen LogP contribution >= 0.6 is 0 Å². The van der Waals surface area contributed by atoms with Crippen LogP contribution in [0.5, 0.6) is 0 Å². The zero-order valence-electron chi connectivity index (χ0n) is 9.08. The molecule has 2 heteroatoms. The van der Waals surface area contributed by atoms with E-state index in [9.17, 15) is 0 Å². The molecular formula is C12H20N2. The molecule has 2 aliphatic rings. The predicted molar refractivity (Wildman–Crippen MR) is 56.8 cm³/mol. The average Bonchev–Trinajstić information content (AvgIpc) is 2.15. The maximum absolute atomic E-state index is 8.82. The van der Waals surface area contributed by atoms with E-state index >= 15 is 0 Å². The van der Waals surface area contributed by atoms with Crippen molar-refractivity contribution in [2.45, 2.75) is 57.0 Å². The molecule has 2 fully saturated rings. The highest BCUT2D eigenvalue weighted by molar-refractivity contribution is 4.91. The van der Waals surface area contributed by atoms with Gasteiger partial charge in [0.25, 0.3) is 0 Å². The van der Waals surface area contributed by atoms with Gasteiger partial charge >= 0.3 is 0 Å². The summed E-state index contributed by atoms with van der Waals surface area (Å²) in [6, 6.07) is 4.03. The molecule has 0 heterocycles. The van der Waals surface area contributed by atoms with Gasteiger partial charge in [0.05, 0.1) is 6.07 Å². The monoisotopic (exact) mass is 192 g/mol. The van der Waals surface area contributed by atoms with Crippen molar-refractivity contribution in [1.29, 1.82) is 5.26 Å². The van der Waals surface area contributed by atoms with Gasteiger partial charge in [-0.25, -0.2) is 0 Å². The summed E-state index contributed by atoms with van der Waals surface area (Å²) in [5.41, 5.74) is 0. The molecule has 78 valence electrons. The molecule has 0 unspecified atom stereocenters. The van der Waals surface area contributed by atoms with E-state index in [2.05, 4.69) is 18.0 Å². The van der Waals surface area contributed by atoms with E-state index in [1.165, 1.54) is 32.1 Å². The van der Waals surface area contributed by atoms with E-state index in [-0.39, 0.29) is 0 Å². The fraction of sp³-hybridized carbons (Fsp3) is 0.917. The molecule has 2 nitrogen and oxygen atoms in total. The summed E-state index contributed by atoms with van der Waals surface area (Å²) >= 11 is 0. The minimum absolute atomic E-state index is 0.348. The van der Waals surface area contributed by atoms with E-state index in [1.54, 1.807) is 0 Å². The van der Waals surface area contributed by atoms with Gasteiger partial charge in [-0.2, -0.15) is 5.26 Å². The zero-order valence-corrected chi connectivity index (χ0v) is 9.08. The van der Waals surface area contributed by atoms with Crippen molar-refractivity contribution in [2.24, 2.45) is 5.92 Å². The van der Waals surface area contributed by atoms with Crippen LogP contribution in [0.1, 0.15) is 44.9 Å². The number of hydrogen-bond donors (Lipinski definition) is 0. The Balaban J connectivity index is 1.79. The highest BCUT2D eigenvalue weighted by Gasteiger charge is 2.30. The van der Waals surface area contributed by atoms with Gasteiger partial charge in [0.2, 0.25) is 0 Å². The Morgan fingerprint density at radius 1 is 1.00 bits per heavy atom. The summed E-state index contributed by atoms with van der Waals surface area (Å²) < 4.78 is 0. The minimum atomic E-state index is 0.348. The lowest BCUT2D eigenvalue weighted by Gasteiger charge is -2.42. The smallest absolute Gasteiger partial charge is 0.0655 e. The number of nitriles is 1. The molecule has 0 saturated heterocycles. The molecule has 14 heavy (non-hydrogen) atoms. The Kier molecular flexibility index (Phi) is 3.08. The maximum Gasteiger partial charge on any atom is 0.0655 e. The van der Waals surface area contributed by atoms with Crippen molar-refractivity contribution < 1.29 is 0 Å². The van der Waals surface area contributed by atoms with Gasteiger partial charge in [-0.1, -0.05) is 6.42 Å². The van der Waals surface area contributed by atoms with E-state index in [1.807, 2.05) is 0 Å². The summed E-state index contributed by atoms with van der Waals surface area (Å²) in [4.78, 5) is 2.58. The number of nitrogens with zero attached hydrogens (tertiary/aromatic N) is 2.